The summed E-state index contributed by atoms with van der Waals surface area (Å²) >= 11 is 0. The first kappa shape index (κ1) is 18.8. The van der Waals surface area contributed by atoms with Gasteiger partial charge in [0.25, 0.3) is 0 Å². The molecule has 0 aromatic carbocycles. The van der Waals surface area contributed by atoms with Gasteiger partial charge in [-0.25, -0.2) is 0 Å². The van der Waals surface area contributed by atoms with Gasteiger partial charge in [0.1, 0.15) is 0 Å². The van der Waals surface area contributed by atoms with Gasteiger partial charge in [0.15, 0.2) is 0 Å². The number of piperazine rings is 1. The number of ether oxygens (including phenoxy) is 1. The van der Waals surface area contributed by atoms with Crippen molar-refractivity contribution >= 4 is 17.5 Å². The summed E-state index contributed by atoms with van der Waals surface area (Å²) in [5, 5.41) is 4.18. The van der Waals surface area contributed by atoms with Crippen molar-refractivity contribution in [2.75, 3.05) is 50.8 Å². The molecule has 2 aliphatic heterocycles. The highest BCUT2D eigenvalue weighted by Crippen LogP contribution is 2.24. The maximum atomic E-state index is 13.0. The Labute approximate surface area is 154 Å². The zero-order chi connectivity index (χ0) is 18.5. The lowest BCUT2D eigenvalue weighted by molar-refractivity contribution is -0.135. The summed E-state index contributed by atoms with van der Waals surface area (Å²) in [5.74, 6) is 0.297. The van der Waals surface area contributed by atoms with Crippen molar-refractivity contribution in [3.05, 3.63) is 12.4 Å². The molecule has 2 aliphatic rings. The fraction of sp³-hybridized carbons (Fsp3) is 0.722. The molecular formula is C18H29N5O3. The Hall–Kier alpha value is -1.93. The summed E-state index contributed by atoms with van der Waals surface area (Å²) in [6, 6.07) is -0.0929. The zero-order valence-corrected chi connectivity index (χ0v) is 15.8. The molecule has 144 valence electrons. The Balaban J connectivity index is 1.53. The van der Waals surface area contributed by atoms with E-state index in [4.69, 9.17) is 4.74 Å². The van der Waals surface area contributed by atoms with Crippen LogP contribution in [-0.4, -0.2) is 83.4 Å². The highest BCUT2D eigenvalue weighted by molar-refractivity contribution is 5.97. The lowest BCUT2D eigenvalue weighted by atomic mass is 10.0. The lowest BCUT2D eigenvalue weighted by Crippen LogP contribution is -2.58. The van der Waals surface area contributed by atoms with E-state index in [2.05, 4.69) is 10.00 Å². The van der Waals surface area contributed by atoms with Gasteiger partial charge in [-0.05, 0) is 19.8 Å². The molecule has 0 radical (unpaired) electrons. The van der Waals surface area contributed by atoms with Crippen LogP contribution < -0.4 is 4.90 Å². The average molecular weight is 363 g/mol. The lowest BCUT2D eigenvalue weighted by Gasteiger charge is -2.42. The second kappa shape index (κ2) is 8.64. The first-order valence-electron chi connectivity index (χ1n) is 9.49. The van der Waals surface area contributed by atoms with Crippen LogP contribution in [0.2, 0.25) is 0 Å². The number of anilines is 1. The van der Waals surface area contributed by atoms with E-state index in [1.807, 2.05) is 30.0 Å². The number of carbonyl (C=O) groups is 2. The topological polar surface area (TPSA) is 70.9 Å². The van der Waals surface area contributed by atoms with Gasteiger partial charge < -0.3 is 14.5 Å². The van der Waals surface area contributed by atoms with Gasteiger partial charge in [-0.1, -0.05) is 0 Å². The van der Waals surface area contributed by atoms with Crippen molar-refractivity contribution in [2.24, 2.45) is 7.05 Å². The Morgan fingerprint density at radius 2 is 2.04 bits per heavy atom. The molecule has 0 spiro atoms. The molecule has 8 nitrogen and oxygen atoms in total. The number of nitrogens with zero attached hydrogens (tertiary/aromatic N) is 5. The quantitative estimate of drug-likeness (QED) is 0.688. The molecule has 1 aromatic heterocycles. The van der Waals surface area contributed by atoms with Crippen LogP contribution in [0.5, 0.6) is 0 Å². The van der Waals surface area contributed by atoms with Crippen LogP contribution in [0, 0.1) is 0 Å². The normalized spacial score (nSPS) is 22.1. The third-order valence-electron chi connectivity index (χ3n) is 5.19. The number of aromatic nitrogens is 2. The van der Waals surface area contributed by atoms with E-state index < -0.39 is 0 Å². The fourth-order valence-corrected chi connectivity index (χ4v) is 3.74. The summed E-state index contributed by atoms with van der Waals surface area (Å²) in [7, 11) is 1.86. The minimum absolute atomic E-state index is 0.0929. The van der Waals surface area contributed by atoms with Gasteiger partial charge in [-0.3, -0.25) is 19.2 Å². The average Bonchev–Trinajstić information content (AvgIpc) is 3.08. The van der Waals surface area contributed by atoms with E-state index >= 15 is 0 Å². The van der Waals surface area contributed by atoms with Gasteiger partial charge in [-0.2, -0.15) is 5.10 Å². The van der Waals surface area contributed by atoms with Gasteiger partial charge in [0, 0.05) is 52.6 Å². The predicted molar refractivity (Wildman–Crippen MR) is 97.8 cm³/mol. The maximum absolute atomic E-state index is 13.0. The molecule has 0 bridgehead atoms. The molecule has 3 rings (SSSR count). The first-order chi connectivity index (χ1) is 12.6. The van der Waals surface area contributed by atoms with Crippen LogP contribution in [0.15, 0.2) is 12.4 Å². The van der Waals surface area contributed by atoms with E-state index in [1.54, 1.807) is 10.9 Å². The number of carbonyl (C=O) groups excluding carboxylic acids is 2. The van der Waals surface area contributed by atoms with Gasteiger partial charge >= 0.3 is 0 Å². The van der Waals surface area contributed by atoms with Crippen LogP contribution in [0.4, 0.5) is 5.69 Å². The van der Waals surface area contributed by atoms with E-state index in [-0.39, 0.29) is 17.9 Å². The first-order valence-corrected chi connectivity index (χ1v) is 9.49. The van der Waals surface area contributed by atoms with Crippen LogP contribution in [0.1, 0.15) is 26.2 Å². The van der Waals surface area contributed by atoms with Gasteiger partial charge in [0.05, 0.1) is 31.0 Å². The van der Waals surface area contributed by atoms with Crippen LogP contribution in [0.25, 0.3) is 0 Å². The number of piperidine rings is 1. The van der Waals surface area contributed by atoms with Crippen molar-refractivity contribution < 1.29 is 14.3 Å². The molecule has 26 heavy (non-hydrogen) atoms. The molecular weight excluding hydrogens is 334 g/mol. The summed E-state index contributed by atoms with van der Waals surface area (Å²) < 4.78 is 6.99. The molecule has 2 amide bonds. The van der Waals surface area contributed by atoms with Crippen LogP contribution in [0.3, 0.4) is 0 Å². The Morgan fingerprint density at radius 1 is 1.27 bits per heavy atom. The minimum atomic E-state index is -0.0929. The smallest absolute Gasteiger partial charge is 0.244 e. The number of aryl methyl sites for hydroxylation is 1. The summed E-state index contributed by atoms with van der Waals surface area (Å²) in [4.78, 5) is 31.1. The maximum Gasteiger partial charge on any atom is 0.244 e. The van der Waals surface area contributed by atoms with Crippen LogP contribution >= 0.6 is 0 Å². The minimum Gasteiger partial charge on any atom is -0.381 e. The molecule has 3 heterocycles. The number of hydrogen-bond donors (Lipinski definition) is 0. The van der Waals surface area contributed by atoms with Crippen molar-refractivity contribution in [3.63, 3.8) is 0 Å². The van der Waals surface area contributed by atoms with E-state index in [1.165, 1.54) is 0 Å². The summed E-state index contributed by atoms with van der Waals surface area (Å²) in [6.45, 7) is 6.66. The Morgan fingerprint density at radius 3 is 2.69 bits per heavy atom. The van der Waals surface area contributed by atoms with Crippen molar-refractivity contribution in [2.45, 2.75) is 32.2 Å². The SMILES string of the molecule is CCOCCC(=O)N1CCN(C2CCCN(c3cnn(C)c3)C2=O)CC1. The molecule has 2 saturated heterocycles. The standard InChI is InChI=1S/C18H29N5O3/c1-3-26-12-6-17(24)22-10-8-21(9-11-22)16-5-4-7-23(18(16)25)15-13-19-20(2)14-15/h13-14,16H,3-12H2,1-2H3. The van der Waals surface area contributed by atoms with Gasteiger partial charge in [-0.15, -0.1) is 0 Å². The molecule has 8 heteroatoms. The third-order valence-corrected chi connectivity index (χ3v) is 5.19. The highest BCUT2D eigenvalue weighted by Gasteiger charge is 2.36. The fourth-order valence-electron chi connectivity index (χ4n) is 3.74. The van der Waals surface area contributed by atoms with Crippen molar-refractivity contribution in [1.82, 2.24) is 19.6 Å². The monoisotopic (exact) mass is 363 g/mol. The molecule has 1 unspecified atom stereocenters. The summed E-state index contributed by atoms with van der Waals surface area (Å²) in [5.41, 5.74) is 0.868. The molecule has 0 aliphatic carbocycles. The second-order valence-electron chi connectivity index (χ2n) is 6.88. The zero-order valence-electron chi connectivity index (χ0n) is 15.8. The molecule has 1 aromatic rings. The van der Waals surface area contributed by atoms with Gasteiger partial charge in [0.2, 0.25) is 11.8 Å². The predicted octanol–water partition coefficient (Wildman–Crippen LogP) is 0.486. The molecule has 1 atom stereocenters. The third kappa shape index (κ3) is 4.24. The number of amides is 2. The number of rotatable bonds is 6. The van der Waals surface area contributed by atoms with Crippen LogP contribution in [-0.2, 0) is 21.4 Å². The largest absolute Gasteiger partial charge is 0.381 e. The molecule has 0 N–H and O–H groups in total. The Bertz CT molecular complexity index is 624. The highest BCUT2D eigenvalue weighted by atomic mass is 16.5. The van der Waals surface area contributed by atoms with Crippen molar-refractivity contribution in [3.8, 4) is 0 Å². The van der Waals surface area contributed by atoms with E-state index in [0.717, 1.165) is 38.2 Å². The molecule has 2 fully saturated rings. The summed E-state index contributed by atoms with van der Waals surface area (Å²) in [6.07, 6.45) is 5.93. The molecule has 0 saturated carbocycles. The van der Waals surface area contributed by atoms with E-state index in [0.29, 0.717) is 32.7 Å². The Kier molecular flexibility index (Phi) is 6.26. The number of hydrogen-bond acceptors (Lipinski definition) is 5. The van der Waals surface area contributed by atoms with Crippen molar-refractivity contribution in [1.29, 1.82) is 0 Å². The van der Waals surface area contributed by atoms with E-state index in [9.17, 15) is 9.59 Å². The second-order valence-corrected chi connectivity index (χ2v) is 6.88.